The third-order valence-electron chi connectivity index (χ3n) is 4.54. The minimum atomic E-state index is -0.181. The molecule has 1 saturated heterocycles. The van der Waals surface area contributed by atoms with Crippen molar-refractivity contribution in [3.05, 3.63) is 18.2 Å². The fraction of sp³-hybridized carbons (Fsp3) is 0.667. The summed E-state index contributed by atoms with van der Waals surface area (Å²) in [6.45, 7) is 1.18. The predicted octanol–water partition coefficient (Wildman–Crippen LogP) is 0.859. The molecule has 6 nitrogen and oxygen atoms in total. The van der Waals surface area contributed by atoms with Crippen LogP contribution in [-0.2, 0) is 16.0 Å². The minimum Gasteiger partial charge on any atom is -0.355 e. The molecule has 3 rings (SSSR count). The second-order valence-electron chi connectivity index (χ2n) is 6.00. The van der Waals surface area contributed by atoms with Gasteiger partial charge in [0.2, 0.25) is 11.8 Å². The summed E-state index contributed by atoms with van der Waals surface area (Å²) in [4.78, 5) is 33.1. The van der Waals surface area contributed by atoms with Gasteiger partial charge in [0.1, 0.15) is 0 Å². The Morgan fingerprint density at radius 2 is 2.24 bits per heavy atom. The highest BCUT2D eigenvalue weighted by atomic mass is 16.2. The molecule has 1 aliphatic heterocycles. The number of carbonyl (C=O) groups is 2. The van der Waals surface area contributed by atoms with E-state index >= 15 is 0 Å². The van der Waals surface area contributed by atoms with E-state index in [1.54, 1.807) is 12.5 Å². The van der Waals surface area contributed by atoms with E-state index in [1.807, 2.05) is 4.90 Å². The van der Waals surface area contributed by atoms with Crippen molar-refractivity contribution < 1.29 is 9.59 Å². The molecule has 21 heavy (non-hydrogen) atoms. The molecular weight excluding hydrogens is 268 g/mol. The first-order valence-electron chi connectivity index (χ1n) is 7.78. The lowest BCUT2D eigenvalue weighted by Gasteiger charge is -2.23. The Kier molecular flexibility index (Phi) is 4.22. The highest BCUT2D eigenvalue weighted by molar-refractivity contribution is 5.89. The summed E-state index contributed by atoms with van der Waals surface area (Å²) in [5.41, 5.74) is 1.00. The fourth-order valence-corrected chi connectivity index (χ4v) is 3.36. The lowest BCUT2D eigenvalue weighted by atomic mass is 10.1. The number of nitrogens with one attached hydrogen (secondary N) is 2. The van der Waals surface area contributed by atoms with Gasteiger partial charge in [0, 0.05) is 43.9 Å². The van der Waals surface area contributed by atoms with E-state index in [1.165, 1.54) is 12.8 Å². The summed E-state index contributed by atoms with van der Waals surface area (Å²) >= 11 is 0. The maximum Gasteiger partial charge on any atom is 0.225 e. The highest BCUT2D eigenvalue weighted by Crippen LogP contribution is 2.29. The molecule has 0 bridgehead atoms. The lowest BCUT2D eigenvalue weighted by Crippen LogP contribution is -2.37. The minimum absolute atomic E-state index is 0.00311. The second-order valence-corrected chi connectivity index (χ2v) is 6.00. The third kappa shape index (κ3) is 3.25. The zero-order chi connectivity index (χ0) is 14.7. The molecule has 1 saturated carbocycles. The van der Waals surface area contributed by atoms with E-state index in [2.05, 4.69) is 15.3 Å². The first kappa shape index (κ1) is 14.1. The van der Waals surface area contributed by atoms with Crippen molar-refractivity contribution in [3.8, 4) is 0 Å². The summed E-state index contributed by atoms with van der Waals surface area (Å²) in [5, 5.41) is 2.93. The van der Waals surface area contributed by atoms with Gasteiger partial charge in [0.25, 0.3) is 0 Å². The van der Waals surface area contributed by atoms with Gasteiger partial charge in [-0.1, -0.05) is 12.8 Å². The van der Waals surface area contributed by atoms with Gasteiger partial charge in [-0.05, 0) is 12.8 Å². The normalized spacial score (nSPS) is 23.0. The van der Waals surface area contributed by atoms with Crippen LogP contribution in [0.5, 0.6) is 0 Å². The molecule has 1 aliphatic carbocycles. The number of carbonyl (C=O) groups excluding carboxylic acids is 2. The van der Waals surface area contributed by atoms with Crippen molar-refractivity contribution in [1.82, 2.24) is 20.2 Å². The second kappa shape index (κ2) is 6.28. The van der Waals surface area contributed by atoms with Crippen LogP contribution in [0.25, 0.3) is 0 Å². The Labute approximate surface area is 124 Å². The summed E-state index contributed by atoms with van der Waals surface area (Å²) in [7, 11) is 0. The molecule has 2 aliphatic rings. The first-order valence-corrected chi connectivity index (χ1v) is 7.78. The molecule has 0 radical (unpaired) electrons. The average Bonchev–Trinajstić information content (AvgIpc) is 3.19. The molecule has 2 N–H and O–H groups in total. The lowest BCUT2D eigenvalue weighted by molar-refractivity contribution is -0.130. The molecule has 1 unspecified atom stereocenters. The number of imidazole rings is 1. The van der Waals surface area contributed by atoms with Gasteiger partial charge in [0.05, 0.1) is 12.2 Å². The van der Waals surface area contributed by atoms with Crippen LogP contribution in [0.4, 0.5) is 0 Å². The molecule has 1 atom stereocenters. The molecule has 0 spiro atoms. The fourth-order valence-electron chi connectivity index (χ4n) is 3.36. The van der Waals surface area contributed by atoms with Crippen molar-refractivity contribution in [2.75, 3.05) is 13.1 Å². The highest BCUT2D eigenvalue weighted by Gasteiger charge is 2.38. The monoisotopic (exact) mass is 290 g/mol. The summed E-state index contributed by atoms with van der Waals surface area (Å²) in [6.07, 6.45) is 9.09. The zero-order valence-electron chi connectivity index (χ0n) is 12.2. The van der Waals surface area contributed by atoms with Crippen LogP contribution in [0.3, 0.4) is 0 Å². The van der Waals surface area contributed by atoms with Gasteiger partial charge in [-0.25, -0.2) is 4.98 Å². The Bertz CT molecular complexity index is 494. The number of H-pyrrole nitrogens is 1. The Balaban J connectivity index is 1.46. The molecule has 6 heteroatoms. The number of nitrogens with zero attached hydrogens (tertiary/aromatic N) is 2. The van der Waals surface area contributed by atoms with E-state index in [9.17, 15) is 9.59 Å². The number of amides is 2. The number of likely N-dealkylation sites (tertiary alicyclic amines) is 1. The molecule has 2 amide bonds. The van der Waals surface area contributed by atoms with Gasteiger partial charge in [-0.2, -0.15) is 0 Å². The van der Waals surface area contributed by atoms with Crippen molar-refractivity contribution in [2.45, 2.75) is 44.6 Å². The maximum atomic E-state index is 12.2. The van der Waals surface area contributed by atoms with E-state index in [0.29, 0.717) is 25.6 Å². The topological polar surface area (TPSA) is 78.1 Å². The van der Waals surface area contributed by atoms with Crippen molar-refractivity contribution in [1.29, 1.82) is 0 Å². The van der Waals surface area contributed by atoms with Gasteiger partial charge in [-0.3, -0.25) is 9.59 Å². The molecular formula is C15H22N4O2. The van der Waals surface area contributed by atoms with Crippen LogP contribution in [0.1, 0.15) is 37.8 Å². The Morgan fingerprint density at radius 1 is 1.43 bits per heavy atom. The standard InChI is InChI=1S/C15H22N4O2/c20-14-7-11(9-19(14)13-3-1-2-4-13)15(21)17-6-5-12-8-16-10-18-12/h8,10-11,13H,1-7,9H2,(H,16,18)(H,17,21). The van der Waals surface area contributed by atoms with Crippen molar-refractivity contribution >= 4 is 11.8 Å². The number of aromatic amines is 1. The van der Waals surface area contributed by atoms with E-state index in [4.69, 9.17) is 0 Å². The number of hydrogen-bond donors (Lipinski definition) is 2. The summed E-state index contributed by atoms with van der Waals surface area (Å²) < 4.78 is 0. The van der Waals surface area contributed by atoms with Crippen LogP contribution < -0.4 is 5.32 Å². The smallest absolute Gasteiger partial charge is 0.225 e. The van der Waals surface area contributed by atoms with Gasteiger partial charge < -0.3 is 15.2 Å². The number of rotatable bonds is 5. The van der Waals surface area contributed by atoms with Crippen LogP contribution >= 0.6 is 0 Å². The van der Waals surface area contributed by atoms with Crippen LogP contribution in [0.15, 0.2) is 12.5 Å². The summed E-state index contributed by atoms with van der Waals surface area (Å²) in [5.74, 6) is -0.0288. The largest absolute Gasteiger partial charge is 0.355 e. The van der Waals surface area contributed by atoms with Gasteiger partial charge in [-0.15, -0.1) is 0 Å². The van der Waals surface area contributed by atoms with Gasteiger partial charge in [0.15, 0.2) is 0 Å². The molecule has 1 aromatic heterocycles. The average molecular weight is 290 g/mol. The maximum absolute atomic E-state index is 12.2. The third-order valence-corrected chi connectivity index (χ3v) is 4.54. The van der Waals surface area contributed by atoms with E-state index in [0.717, 1.165) is 25.0 Å². The molecule has 114 valence electrons. The number of hydrogen-bond acceptors (Lipinski definition) is 3. The zero-order valence-corrected chi connectivity index (χ0v) is 12.2. The molecule has 2 heterocycles. The molecule has 1 aromatic rings. The van der Waals surface area contributed by atoms with Crippen LogP contribution in [0, 0.1) is 5.92 Å². The van der Waals surface area contributed by atoms with Gasteiger partial charge >= 0.3 is 0 Å². The van der Waals surface area contributed by atoms with Crippen LogP contribution in [0.2, 0.25) is 0 Å². The molecule has 0 aromatic carbocycles. The van der Waals surface area contributed by atoms with E-state index in [-0.39, 0.29) is 17.7 Å². The van der Waals surface area contributed by atoms with Crippen molar-refractivity contribution in [3.63, 3.8) is 0 Å². The Morgan fingerprint density at radius 3 is 2.95 bits per heavy atom. The Hall–Kier alpha value is -1.85. The van der Waals surface area contributed by atoms with Crippen molar-refractivity contribution in [2.24, 2.45) is 5.92 Å². The predicted molar refractivity (Wildman–Crippen MR) is 77.4 cm³/mol. The first-order chi connectivity index (χ1) is 10.2. The van der Waals surface area contributed by atoms with Crippen LogP contribution in [-0.4, -0.2) is 45.8 Å². The summed E-state index contributed by atoms with van der Waals surface area (Å²) in [6, 6.07) is 0.375. The number of aromatic nitrogens is 2. The quantitative estimate of drug-likeness (QED) is 0.844. The molecule has 2 fully saturated rings. The SMILES string of the molecule is O=C(NCCc1cnc[nH]1)C1CC(=O)N(C2CCCC2)C1. The van der Waals surface area contributed by atoms with E-state index < -0.39 is 0 Å².